The molecule has 0 heterocycles. The molecule has 0 bridgehead atoms. The number of hydrogen-bond acceptors (Lipinski definition) is 2. The maximum atomic E-state index is 5.21. The van der Waals surface area contributed by atoms with Gasteiger partial charge in [0, 0.05) is 6.04 Å². The SMILES string of the molecule is CNC(C)C1=CC(OC)=CCC=C1. The summed E-state index contributed by atoms with van der Waals surface area (Å²) >= 11 is 0. The molecule has 1 N–H and O–H groups in total. The van der Waals surface area contributed by atoms with Gasteiger partial charge in [-0.3, -0.25) is 0 Å². The summed E-state index contributed by atoms with van der Waals surface area (Å²) in [6, 6.07) is 0.368. The summed E-state index contributed by atoms with van der Waals surface area (Å²) < 4.78 is 5.21. The van der Waals surface area contributed by atoms with Crippen LogP contribution in [-0.2, 0) is 4.74 Å². The lowest BCUT2D eigenvalue weighted by atomic mass is 10.1. The standard InChI is InChI=1S/C11H17NO/c1-9(12-2)10-6-4-5-7-11(8-10)13-3/h4,6-9,12H,5H2,1-3H3. The van der Waals surface area contributed by atoms with Gasteiger partial charge in [0.1, 0.15) is 5.76 Å². The lowest BCUT2D eigenvalue weighted by Crippen LogP contribution is -2.22. The molecular formula is C11H17NO. The zero-order valence-corrected chi connectivity index (χ0v) is 8.50. The van der Waals surface area contributed by atoms with Gasteiger partial charge in [-0.1, -0.05) is 12.2 Å². The van der Waals surface area contributed by atoms with Crippen molar-refractivity contribution in [3.8, 4) is 0 Å². The van der Waals surface area contributed by atoms with Crippen molar-refractivity contribution in [2.45, 2.75) is 19.4 Å². The van der Waals surface area contributed by atoms with Crippen LogP contribution in [0.4, 0.5) is 0 Å². The Morgan fingerprint density at radius 2 is 2.31 bits per heavy atom. The van der Waals surface area contributed by atoms with E-state index >= 15 is 0 Å². The van der Waals surface area contributed by atoms with Crippen molar-refractivity contribution < 1.29 is 4.74 Å². The lowest BCUT2D eigenvalue weighted by molar-refractivity contribution is 0.305. The first kappa shape index (κ1) is 10.1. The molecule has 1 aliphatic carbocycles. The van der Waals surface area contributed by atoms with Crippen LogP contribution in [0.3, 0.4) is 0 Å². The Morgan fingerprint density at radius 1 is 1.54 bits per heavy atom. The highest BCUT2D eigenvalue weighted by Gasteiger charge is 2.05. The van der Waals surface area contributed by atoms with Gasteiger partial charge in [-0.05, 0) is 38.1 Å². The topological polar surface area (TPSA) is 21.3 Å². The van der Waals surface area contributed by atoms with E-state index in [9.17, 15) is 0 Å². The van der Waals surface area contributed by atoms with Gasteiger partial charge < -0.3 is 10.1 Å². The third-order valence-corrected chi connectivity index (χ3v) is 2.24. The monoisotopic (exact) mass is 179 g/mol. The van der Waals surface area contributed by atoms with Crippen LogP contribution in [0, 0.1) is 0 Å². The summed E-state index contributed by atoms with van der Waals surface area (Å²) in [5, 5.41) is 3.20. The number of ether oxygens (including phenoxy) is 1. The molecule has 0 spiro atoms. The van der Waals surface area contributed by atoms with Gasteiger partial charge >= 0.3 is 0 Å². The molecule has 1 rings (SSSR count). The molecule has 0 aromatic heterocycles. The van der Waals surface area contributed by atoms with Crippen LogP contribution >= 0.6 is 0 Å². The van der Waals surface area contributed by atoms with Crippen molar-refractivity contribution in [2.75, 3.05) is 14.2 Å². The van der Waals surface area contributed by atoms with Crippen molar-refractivity contribution >= 4 is 0 Å². The third-order valence-electron chi connectivity index (χ3n) is 2.24. The Bertz CT molecular complexity index is 251. The van der Waals surface area contributed by atoms with Crippen molar-refractivity contribution in [1.82, 2.24) is 5.32 Å². The average Bonchev–Trinajstić information content (AvgIpc) is 2.41. The van der Waals surface area contributed by atoms with Gasteiger partial charge in [0.2, 0.25) is 0 Å². The van der Waals surface area contributed by atoms with Gasteiger partial charge in [-0.15, -0.1) is 0 Å². The van der Waals surface area contributed by atoms with Crippen LogP contribution in [0.15, 0.2) is 35.6 Å². The highest BCUT2D eigenvalue weighted by Crippen LogP contribution is 2.14. The van der Waals surface area contributed by atoms with Crippen LogP contribution in [0.25, 0.3) is 0 Å². The zero-order valence-electron chi connectivity index (χ0n) is 8.50. The number of likely N-dealkylation sites (N-methyl/N-ethyl adjacent to an activating group) is 1. The van der Waals surface area contributed by atoms with Gasteiger partial charge in [0.05, 0.1) is 7.11 Å². The second-order valence-corrected chi connectivity index (χ2v) is 3.10. The molecule has 0 fully saturated rings. The molecule has 13 heavy (non-hydrogen) atoms. The maximum absolute atomic E-state index is 5.21. The first-order valence-corrected chi connectivity index (χ1v) is 4.57. The van der Waals surface area contributed by atoms with E-state index in [-0.39, 0.29) is 0 Å². The van der Waals surface area contributed by atoms with Gasteiger partial charge in [-0.25, -0.2) is 0 Å². The first-order chi connectivity index (χ1) is 6.27. The smallest absolute Gasteiger partial charge is 0.115 e. The van der Waals surface area contributed by atoms with Crippen LogP contribution in [0.5, 0.6) is 0 Å². The molecule has 0 aromatic carbocycles. The Kier molecular flexibility index (Phi) is 3.77. The Morgan fingerprint density at radius 3 is 2.92 bits per heavy atom. The van der Waals surface area contributed by atoms with Crippen LogP contribution in [0.1, 0.15) is 13.3 Å². The van der Waals surface area contributed by atoms with E-state index in [1.807, 2.05) is 7.05 Å². The number of hydrogen-bond donors (Lipinski definition) is 1. The molecule has 0 amide bonds. The fourth-order valence-electron chi connectivity index (χ4n) is 1.24. The molecule has 2 nitrogen and oxygen atoms in total. The molecule has 1 atom stereocenters. The van der Waals surface area contributed by atoms with E-state index in [4.69, 9.17) is 4.74 Å². The molecular weight excluding hydrogens is 162 g/mol. The Hall–Kier alpha value is -1.02. The largest absolute Gasteiger partial charge is 0.497 e. The number of allylic oxidation sites excluding steroid dienone is 3. The summed E-state index contributed by atoms with van der Waals surface area (Å²) in [5.41, 5.74) is 1.26. The van der Waals surface area contributed by atoms with Crippen molar-refractivity contribution in [1.29, 1.82) is 0 Å². The van der Waals surface area contributed by atoms with E-state index < -0.39 is 0 Å². The predicted molar refractivity (Wildman–Crippen MR) is 55.5 cm³/mol. The maximum Gasteiger partial charge on any atom is 0.115 e. The minimum atomic E-state index is 0.368. The first-order valence-electron chi connectivity index (χ1n) is 4.57. The van der Waals surface area contributed by atoms with Gasteiger partial charge in [0.15, 0.2) is 0 Å². The molecule has 0 saturated carbocycles. The fourth-order valence-corrected chi connectivity index (χ4v) is 1.24. The predicted octanol–water partition coefficient (Wildman–Crippen LogP) is 2.01. The number of nitrogens with one attached hydrogen (secondary N) is 1. The van der Waals surface area contributed by atoms with Crippen molar-refractivity contribution in [3.63, 3.8) is 0 Å². The van der Waals surface area contributed by atoms with E-state index in [0.29, 0.717) is 6.04 Å². The summed E-state index contributed by atoms with van der Waals surface area (Å²) in [4.78, 5) is 0. The van der Waals surface area contributed by atoms with Crippen LogP contribution in [-0.4, -0.2) is 20.2 Å². The average molecular weight is 179 g/mol. The normalized spacial score (nSPS) is 18.7. The van der Waals surface area contributed by atoms with E-state index in [1.54, 1.807) is 7.11 Å². The minimum Gasteiger partial charge on any atom is -0.497 e. The summed E-state index contributed by atoms with van der Waals surface area (Å²) in [6.07, 6.45) is 9.38. The molecule has 0 saturated heterocycles. The molecule has 0 aliphatic heterocycles. The van der Waals surface area contributed by atoms with Crippen LogP contribution in [0.2, 0.25) is 0 Å². The third kappa shape index (κ3) is 2.74. The second-order valence-electron chi connectivity index (χ2n) is 3.10. The molecule has 1 aliphatic rings. The highest BCUT2D eigenvalue weighted by atomic mass is 16.5. The Labute approximate surface area is 80.0 Å². The highest BCUT2D eigenvalue weighted by molar-refractivity contribution is 5.33. The quantitative estimate of drug-likeness (QED) is 0.715. The van der Waals surface area contributed by atoms with E-state index in [1.165, 1.54) is 5.57 Å². The molecule has 0 aromatic rings. The van der Waals surface area contributed by atoms with Gasteiger partial charge in [0.25, 0.3) is 0 Å². The number of rotatable bonds is 3. The summed E-state index contributed by atoms with van der Waals surface area (Å²) in [5.74, 6) is 0.946. The fraction of sp³-hybridized carbons (Fsp3) is 0.455. The second kappa shape index (κ2) is 4.87. The Balaban J connectivity index is 2.81. The van der Waals surface area contributed by atoms with Gasteiger partial charge in [-0.2, -0.15) is 0 Å². The van der Waals surface area contributed by atoms with E-state index in [0.717, 1.165) is 12.2 Å². The van der Waals surface area contributed by atoms with E-state index in [2.05, 4.69) is 36.5 Å². The molecule has 72 valence electrons. The lowest BCUT2D eigenvalue weighted by Gasteiger charge is -2.11. The molecule has 1 unspecified atom stereocenters. The molecule has 0 radical (unpaired) electrons. The zero-order chi connectivity index (χ0) is 9.68. The molecule has 2 heteroatoms. The summed E-state index contributed by atoms with van der Waals surface area (Å²) in [7, 11) is 3.66. The van der Waals surface area contributed by atoms with Crippen molar-refractivity contribution in [3.05, 3.63) is 35.6 Å². The minimum absolute atomic E-state index is 0.368. The van der Waals surface area contributed by atoms with Crippen molar-refractivity contribution in [2.24, 2.45) is 0 Å². The number of methoxy groups -OCH3 is 1. The van der Waals surface area contributed by atoms with Crippen LogP contribution < -0.4 is 5.32 Å². The summed E-state index contributed by atoms with van der Waals surface area (Å²) in [6.45, 7) is 2.13.